The van der Waals surface area contributed by atoms with Gasteiger partial charge >= 0.3 is 0 Å². The minimum absolute atomic E-state index is 0.0901. The van der Waals surface area contributed by atoms with E-state index in [0.717, 1.165) is 0 Å². The third-order valence-corrected chi connectivity index (χ3v) is 3.83. The molecule has 3 aromatic rings. The standard InChI is InChI=1S/C17H18ClN5O4/c1-11(7-23-10-19-9-20-23)21-17(24)14-6-13(27-22-14)8-26-15-4-3-12(18)5-16(15)25-2/h3-6,9-11H,7-8H2,1-2H3,(H,21,24)/t11-/m0/s1. The highest BCUT2D eigenvalue weighted by molar-refractivity contribution is 6.30. The number of rotatable bonds is 8. The molecule has 0 aliphatic heterocycles. The largest absolute Gasteiger partial charge is 0.493 e. The van der Waals surface area contributed by atoms with E-state index in [2.05, 4.69) is 20.6 Å². The number of carbonyl (C=O) groups excluding carboxylic acids is 1. The van der Waals surface area contributed by atoms with Crippen molar-refractivity contribution in [3.8, 4) is 11.5 Å². The number of nitrogens with one attached hydrogen (secondary N) is 1. The average molecular weight is 392 g/mol. The van der Waals surface area contributed by atoms with Crippen molar-refractivity contribution in [1.82, 2.24) is 25.2 Å². The van der Waals surface area contributed by atoms with Gasteiger partial charge in [0.25, 0.3) is 5.91 Å². The smallest absolute Gasteiger partial charge is 0.273 e. The minimum atomic E-state index is -0.346. The average Bonchev–Trinajstić information content (AvgIpc) is 3.32. The first-order chi connectivity index (χ1) is 13.0. The van der Waals surface area contributed by atoms with Crippen molar-refractivity contribution in [3.63, 3.8) is 0 Å². The van der Waals surface area contributed by atoms with Crippen LogP contribution in [-0.4, -0.2) is 39.0 Å². The van der Waals surface area contributed by atoms with Gasteiger partial charge in [-0.05, 0) is 19.1 Å². The van der Waals surface area contributed by atoms with Gasteiger partial charge in [-0.25, -0.2) is 4.98 Å². The minimum Gasteiger partial charge on any atom is -0.493 e. The van der Waals surface area contributed by atoms with Crippen LogP contribution in [0.1, 0.15) is 23.2 Å². The van der Waals surface area contributed by atoms with Gasteiger partial charge in [-0.15, -0.1) is 0 Å². The Morgan fingerprint density at radius 1 is 1.37 bits per heavy atom. The van der Waals surface area contributed by atoms with E-state index < -0.39 is 0 Å². The van der Waals surface area contributed by atoms with Crippen LogP contribution in [0.25, 0.3) is 0 Å². The highest BCUT2D eigenvalue weighted by Gasteiger charge is 2.16. The molecule has 0 saturated heterocycles. The number of amides is 1. The number of ether oxygens (including phenoxy) is 2. The summed E-state index contributed by atoms with van der Waals surface area (Å²) >= 11 is 5.92. The second-order valence-electron chi connectivity index (χ2n) is 5.75. The molecule has 10 heteroatoms. The summed E-state index contributed by atoms with van der Waals surface area (Å²) in [6.45, 7) is 2.44. The summed E-state index contributed by atoms with van der Waals surface area (Å²) in [5.74, 6) is 1.07. The normalized spacial score (nSPS) is 11.8. The Balaban J connectivity index is 1.55. The molecule has 3 rings (SSSR count). The molecule has 0 radical (unpaired) electrons. The molecule has 0 unspecified atom stereocenters. The Hall–Kier alpha value is -3.07. The molecule has 0 fully saturated rings. The van der Waals surface area contributed by atoms with Crippen molar-refractivity contribution in [2.45, 2.75) is 26.1 Å². The van der Waals surface area contributed by atoms with Gasteiger partial charge in [0, 0.05) is 23.2 Å². The number of aromatic nitrogens is 4. The molecule has 1 aromatic carbocycles. The van der Waals surface area contributed by atoms with Gasteiger partial charge in [-0.1, -0.05) is 16.8 Å². The zero-order valence-electron chi connectivity index (χ0n) is 14.8. The fraction of sp³-hybridized carbons (Fsp3) is 0.294. The van der Waals surface area contributed by atoms with Crippen LogP contribution >= 0.6 is 11.6 Å². The number of methoxy groups -OCH3 is 1. The molecule has 2 aromatic heterocycles. The van der Waals surface area contributed by atoms with E-state index in [1.807, 2.05) is 6.92 Å². The molecule has 1 amide bonds. The number of carbonyl (C=O) groups is 1. The van der Waals surface area contributed by atoms with Crippen LogP contribution in [0.5, 0.6) is 11.5 Å². The highest BCUT2D eigenvalue weighted by atomic mass is 35.5. The molecule has 142 valence electrons. The summed E-state index contributed by atoms with van der Waals surface area (Å²) < 4.78 is 17.7. The maximum atomic E-state index is 12.3. The van der Waals surface area contributed by atoms with Gasteiger partial charge < -0.3 is 19.3 Å². The van der Waals surface area contributed by atoms with Crippen molar-refractivity contribution < 1.29 is 18.8 Å². The van der Waals surface area contributed by atoms with Gasteiger partial charge in [0.1, 0.15) is 19.3 Å². The molecule has 9 nitrogen and oxygen atoms in total. The predicted molar refractivity (Wildman–Crippen MR) is 95.8 cm³/mol. The number of nitrogens with zero attached hydrogens (tertiary/aromatic N) is 4. The maximum Gasteiger partial charge on any atom is 0.273 e. The van der Waals surface area contributed by atoms with Crippen LogP contribution in [0.15, 0.2) is 41.4 Å². The van der Waals surface area contributed by atoms with Crippen LogP contribution in [-0.2, 0) is 13.2 Å². The molecule has 2 heterocycles. The Labute approximate surface area is 160 Å². The molecule has 0 saturated carbocycles. The maximum absolute atomic E-state index is 12.3. The summed E-state index contributed by atoms with van der Waals surface area (Å²) in [7, 11) is 1.52. The van der Waals surface area contributed by atoms with Gasteiger partial charge in [0.05, 0.1) is 13.7 Å². The molecule has 0 spiro atoms. The van der Waals surface area contributed by atoms with Crippen molar-refractivity contribution in [1.29, 1.82) is 0 Å². The molecule has 0 aliphatic rings. The summed E-state index contributed by atoms with van der Waals surface area (Å²) in [5, 5.41) is 11.1. The fourth-order valence-electron chi connectivity index (χ4n) is 2.35. The predicted octanol–water partition coefficient (Wildman–Crippen LogP) is 2.33. The summed E-state index contributed by atoms with van der Waals surface area (Å²) in [5.41, 5.74) is 0.169. The van der Waals surface area contributed by atoms with Gasteiger partial charge in [0.2, 0.25) is 0 Å². The van der Waals surface area contributed by atoms with Gasteiger partial charge in [0.15, 0.2) is 23.0 Å². The molecular formula is C17H18ClN5O4. The fourth-order valence-corrected chi connectivity index (χ4v) is 2.51. The van der Waals surface area contributed by atoms with E-state index in [1.54, 1.807) is 29.2 Å². The zero-order chi connectivity index (χ0) is 19.2. The first kappa shape index (κ1) is 18.7. The zero-order valence-corrected chi connectivity index (χ0v) is 15.5. The van der Waals surface area contributed by atoms with E-state index in [0.29, 0.717) is 28.8 Å². The first-order valence-electron chi connectivity index (χ1n) is 8.10. The molecular weight excluding hydrogens is 374 g/mol. The van der Waals surface area contributed by atoms with Crippen LogP contribution in [0, 0.1) is 0 Å². The Morgan fingerprint density at radius 2 is 2.22 bits per heavy atom. The summed E-state index contributed by atoms with van der Waals surface area (Å²) in [6.07, 6.45) is 3.02. The van der Waals surface area contributed by atoms with Crippen molar-refractivity contribution in [2.75, 3.05) is 7.11 Å². The number of benzene rings is 1. The SMILES string of the molecule is COc1cc(Cl)ccc1OCc1cc(C(=O)N[C@@H](C)Cn2cncn2)no1. The van der Waals surface area contributed by atoms with E-state index in [9.17, 15) is 4.79 Å². The van der Waals surface area contributed by atoms with Crippen LogP contribution in [0.2, 0.25) is 5.02 Å². The lowest BCUT2D eigenvalue weighted by Crippen LogP contribution is -2.36. The molecule has 1 atom stereocenters. The number of hydrogen-bond acceptors (Lipinski definition) is 7. The van der Waals surface area contributed by atoms with Crippen molar-refractivity contribution >= 4 is 17.5 Å². The van der Waals surface area contributed by atoms with Gasteiger partial charge in [-0.3, -0.25) is 9.48 Å². The van der Waals surface area contributed by atoms with Crippen molar-refractivity contribution in [2.24, 2.45) is 0 Å². The summed E-state index contributed by atoms with van der Waals surface area (Å²) in [6, 6.07) is 6.40. The number of halogens is 1. The lowest BCUT2D eigenvalue weighted by Gasteiger charge is -2.12. The lowest BCUT2D eigenvalue weighted by atomic mass is 10.3. The first-order valence-corrected chi connectivity index (χ1v) is 8.48. The van der Waals surface area contributed by atoms with Crippen molar-refractivity contribution in [3.05, 3.63) is 53.4 Å². The van der Waals surface area contributed by atoms with Gasteiger partial charge in [-0.2, -0.15) is 5.10 Å². The monoisotopic (exact) mass is 391 g/mol. The summed E-state index contributed by atoms with van der Waals surface area (Å²) in [4.78, 5) is 16.1. The Kier molecular flexibility index (Phi) is 5.92. The Morgan fingerprint density at radius 3 is 2.96 bits per heavy atom. The Bertz CT molecular complexity index is 897. The number of hydrogen-bond donors (Lipinski definition) is 1. The topological polar surface area (TPSA) is 104 Å². The highest BCUT2D eigenvalue weighted by Crippen LogP contribution is 2.30. The van der Waals surface area contributed by atoms with E-state index in [1.165, 1.54) is 19.5 Å². The van der Waals surface area contributed by atoms with E-state index in [4.69, 9.17) is 25.6 Å². The lowest BCUT2D eigenvalue weighted by molar-refractivity contribution is 0.0926. The van der Waals surface area contributed by atoms with E-state index in [-0.39, 0.29) is 24.2 Å². The molecule has 27 heavy (non-hydrogen) atoms. The molecule has 1 N–H and O–H groups in total. The third-order valence-electron chi connectivity index (χ3n) is 3.59. The van der Waals surface area contributed by atoms with Crippen LogP contribution < -0.4 is 14.8 Å². The van der Waals surface area contributed by atoms with Crippen LogP contribution in [0.3, 0.4) is 0 Å². The third kappa shape index (κ3) is 4.98. The molecule has 0 bridgehead atoms. The van der Waals surface area contributed by atoms with Crippen LogP contribution in [0.4, 0.5) is 0 Å². The second kappa shape index (κ2) is 8.54. The molecule has 0 aliphatic carbocycles. The second-order valence-corrected chi connectivity index (χ2v) is 6.19. The quantitative estimate of drug-likeness (QED) is 0.628. The van der Waals surface area contributed by atoms with E-state index >= 15 is 0 Å².